The van der Waals surface area contributed by atoms with Crippen molar-refractivity contribution >= 4 is 9.84 Å². The molecule has 0 radical (unpaired) electrons. The van der Waals surface area contributed by atoms with Gasteiger partial charge < -0.3 is 9.64 Å². The lowest BCUT2D eigenvalue weighted by Crippen LogP contribution is -2.30. The highest BCUT2D eigenvalue weighted by atomic mass is 32.2. The number of piperidine rings is 1. The summed E-state index contributed by atoms with van der Waals surface area (Å²) in [5, 5.41) is 8.89. The fraction of sp³-hybridized carbons (Fsp3) is 0.611. The van der Waals surface area contributed by atoms with E-state index in [-0.39, 0.29) is 10.6 Å². The summed E-state index contributed by atoms with van der Waals surface area (Å²) in [6, 6.07) is 3.76. The third-order valence-corrected chi connectivity index (χ3v) is 6.45. The SMILES string of the molecule is CS(=O)(=O)c1ccc(OCC[C@@H]2C[C@@H]2C2CCN(C#N)CC2)c(F)c1. The van der Waals surface area contributed by atoms with Gasteiger partial charge in [-0.2, -0.15) is 5.26 Å². The first-order valence-electron chi connectivity index (χ1n) is 8.65. The number of ether oxygens (including phenoxy) is 1. The molecule has 3 rings (SSSR count). The Morgan fingerprint density at radius 2 is 2.08 bits per heavy atom. The van der Waals surface area contributed by atoms with E-state index in [9.17, 15) is 12.8 Å². The van der Waals surface area contributed by atoms with Crippen molar-refractivity contribution in [2.24, 2.45) is 17.8 Å². The monoisotopic (exact) mass is 366 g/mol. The Morgan fingerprint density at radius 1 is 1.36 bits per heavy atom. The molecular weight excluding hydrogens is 343 g/mol. The number of rotatable bonds is 6. The summed E-state index contributed by atoms with van der Waals surface area (Å²) in [5.41, 5.74) is 0. The van der Waals surface area contributed by atoms with E-state index in [4.69, 9.17) is 10.00 Å². The van der Waals surface area contributed by atoms with Crippen molar-refractivity contribution in [2.75, 3.05) is 26.0 Å². The van der Waals surface area contributed by atoms with Crippen molar-refractivity contribution in [2.45, 2.75) is 30.6 Å². The zero-order valence-corrected chi connectivity index (χ0v) is 15.1. The average molecular weight is 366 g/mol. The second kappa shape index (κ2) is 7.20. The van der Waals surface area contributed by atoms with Gasteiger partial charge in [0.1, 0.15) is 0 Å². The molecule has 1 aliphatic carbocycles. The Bertz CT molecular complexity index is 767. The summed E-state index contributed by atoms with van der Waals surface area (Å²) in [6.07, 6.45) is 7.50. The quantitative estimate of drug-likeness (QED) is 0.724. The maximum atomic E-state index is 13.9. The van der Waals surface area contributed by atoms with Gasteiger partial charge in [-0.1, -0.05) is 0 Å². The second-order valence-corrected chi connectivity index (χ2v) is 9.10. The molecule has 2 atom stereocenters. The molecule has 1 aromatic rings. The molecule has 0 unspecified atom stereocenters. The summed E-state index contributed by atoms with van der Waals surface area (Å²) in [7, 11) is -3.41. The van der Waals surface area contributed by atoms with Crippen LogP contribution in [0.3, 0.4) is 0 Å². The van der Waals surface area contributed by atoms with Gasteiger partial charge in [-0.05, 0) is 61.6 Å². The third kappa shape index (κ3) is 4.43. The second-order valence-electron chi connectivity index (χ2n) is 7.09. The van der Waals surface area contributed by atoms with E-state index >= 15 is 0 Å². The largest absolute Gasteiger partial charge is 0.491 e. The number of hydrogen-bond acceptors (Lipinski definition) is 5. The molecule has 1 saturated heterocycles. The molecule has 0 spiro atoms. The lowest BCUT2D eigenvalue weighted by Gasteiger charge is -2.28. The van der Waals surface area contributed by atoms with Crippen molar-refractivity contribution in [1.82, 2.24) is 4.90 Å². The maximum absolute atomic E-state index is 13.9. The zero-order valence-electron chi connectivity index (χ0n) is 14.3. The van der Waals surface area contributed by atoms with E-state index in [1.807, 2.05) is 4.90 Å². The number of hydrogen-bond donors (Lipinski definition) is 0. The Kier molecular flexibility index (Phi) is 5.19. The highest BCUT2D eigenvalue weighted by Gasteiger charge is 2.43. The topological polar surface area (TPSA) is 70.4 Å². The number of sulfone groups is 1. The van der Waals surface area contributed by atoms with Crippen LogP contribution in [0, 0.1) is 35.0 Å². The number of likely N-dealkylation sites (tertiary alicyclic amines) is 1. The van der Waals surface area contributed by atoms with Gasteiger partial charge in [0, 0.05) is 19.3 Å². The predicted octanol–water partition coefficient (Wildman–Crippen LogP) is 2.83. The first-order valence-corrected chi connectivity index (χ1v) is 10.5. The summed E-state index contributed by atoms with van der Waals surface area (Å²) in [5.74, 6) is 1.49. The van der Waals surface area contributed by atoms with Crippen molar-refractivity contribution in [1.29, 1.82) is 5.26 Å². The molecule has 7 heteroatoms. The fourth-order valence-corrected chi connectivity index (χ4v) is 4.39. The van der Waals surface area contributed by atoms with Gasteiger partial charge in [0.2, 0.25) is 0 Å². The van der Waals surface area contributed by atoms with Gasteiger partial charge in [-0.3, -0.25) is 0 Å². The first-order chi connectivity index (χ1) is 11.9. The lowest BCUT2D eigenvalue weighted by atomic mass is 9.91. The molecule has 2 fully saturated rings. The molecule has 136 valence electrons. The molecule has 0 N–H and O–H groups in total. The summed E-state index contributed by atoms with van der Waals surface area (Å²) in [4.78, 5) is 1.78. The third-order valence-electron chi connectivity index (χ3n) is 5.34. The highest BCUT2D eigenvalue weighted by Crippen LogP contribution is 2.49. The molecule has 0 amide bonds. The van der Waals surface area contributed by atoms with E-state index in [1.54, 1.807) is 0 Å². The summed E-state index contributed by atoms with van der Waals surface area (Å²) < 4.78 is 42.3. The van der Waals surface area contributed by atoms with Crippen LogP contribution in [0.2, 0.25) is 0 Å². The minimum absolute atomic E-state index is 0.0386. The van der Waals surface area contributed by atoms with Crippen LogP contribution in [-0.4, -0.2) is 39.3 Å². The minimum atomic E-state index is -3.41. The van der Waals surface area contributed by atoms with E-state index in [0.717, 1.165) is 44.7 Å². The molecule has 25 heavy (non-hydrogen) atoms. The summed E-state index contributed by atoms with van der Waals surface area (Å²) in [6.45, 7) is 2.16. The van der Waals surface area contributed by atoms with Gasteiger partial charge in [0.25, 0.3) is 0 Å². The number of nitriles is 1. The standard InChI is InChI=1S/C18H23FN2O3S/c1-25(22,23)15-2-3-18(17(19)11-15)24-9-6-14-10-16(14)13-4-7-21(12-20)8-5-13/h2-3,11,13-14,16H,4-10H2,1H3/t14-,16-/m1/s1. The molecule has 1 heterocycles. The molecular formula is C18H23FN2O3S. The van der Waals surface area contributed by atoms with Gasteiger partial charge in [-0.25, -0.2) is 12.8 Å². The van der Waals surface area contributed by atoms with Crippen LogP contribution in [0.15, 0.2) is 23.1 Å². The lowest BCUT2D eigenvalue weighted by molar-refractivity contribution is 0.220. The van der Waals surface area contributed by atoms with Crippen molar-refractivity contribution in [3.05, 3.63) is 24.0 Å². The minimum Gasteiger partial charge on any atom is -0.491 e. The van der Waals surface area contributed by atoms with E-state index in [0.29, 0.717) is 24.4 Å². The zero-order chi connectivity index (χ0) is 18.0. The average Bonchev–Trinajstić information content (AvgIpc) is 3.35. The predicted molar refractivity (Wildman–Crippen MR) is 91.1 cm³/mol. The Labute approximate surface area is 148 Å². The van der Waals surface area contributed by atoms with Crippen LogP contribution < -0.4 is 4.74 Å². The summed E-state index contributed by atoms with van der Waals surface area (Å²) >= 11 is 0. The van der Waals surface area contributed by atoms with Crippen LogP contribution in [0.5, 0.6) is 5.75 Å². The van der Waals surface area contributed by atoms with Crippen molar-refractivity contribution in [3.8, 4) is 11.9 Å². The van der Waals surface area contributed by atoms with Crippen LogP contribution in [-0.2, 0) is 9.84 Å². The molecule has 1 saturated carbocycles. The molecule has 1 aromatic carbocycles. The van der Waals surface area contributed by atoms with Crippen molar-refractivity contribution < 1.29 is 17.5 Å². The Morgan fingerprint density at radius 3 is 2.68 bits per heavy atom. The van der Waals surface area contributed by atoms with Crippen LogP contribution >= 0.6 is 0 Å². The molecule has 5 nitrogen and oxygen atoms in total. The van der Waals surface area contributed by atoms with Crippen molar-refractivity contribution in [3.63, 3.8) is 0 Å². The maximum Gasteiger partial charge on any atom is 0.179 e. The number of halogens is 1. The Balaban J connectivity index is 1.43. The molecule has 0 aromatic heterocycles. The van der Waals surface area contributed by atoms with E-state index in [2.05, 4.69) is 6.19 Å². The number of benzene rings is 1. The molecule has 1 aliphatic heterocycles. The van der Waals surface area contributed by atoms with Gasteiger partial charge >= 0.3 is 0 Å². The van der Waals surface area contributed by atoms with Crippen LogP contribution in [0.25, 0.3) is 0 Å². The van der Waals surface area contributed by atoms with Crippen LogP contribution in [0.1, 0.15) is 25.7 Å². The van der Waals surface area contributed by atoms with Gasteiger partial charge in [0.05, 0.1) is 11.5 Å². The first kappa shape index (κ1) is 18.0. The van der Waals surface area contributed by atoms with E-state index < -0.39 is 15.7 Å². The van der Waals surface area contributed by atoms with Gasteiger partial charge in [-0.15, -0.1) is 0 Å². The van der Waals surface area contributed by atoms with Gasteiger partial charge in [0.15, 0.2) is 27.6 Å². The van der Waals surface area contributed by atoms with Crippen LogP contribution in [0.4, 0.5) is 4.39 Å². The number of nitrogens with zero attached hydrogens (tertiary/aromatic N) is 2. The molecule has 0 bridgehead atoms. The fourth-order valence-electron chi connectivity index (χ4n) is 3.76. The Hall–Kier alpha value is -1.81. The molecule has 2 aliphatic rings. The normalized spacial score (nSPS) is 24.0. The highest BCUT2D eigenvalue weighted by molar-refractivity contribution is 7.90. The van der Waals surface area contributed by atoms with E-state index in [1.165, 1.54) is 18.6 Å². The smallest absolute Gasteiger partial charge is 0.179 e.